The molecule has 1 aromatic heterocycles. The van der Waals surface area contributed by atoms with Gasteiger partial charge in [-0.05, 0) is 31.5 Å². The number of fused-ring (bicyclic) bond motifs is 1. The largest absolute Gasteiger partial charge is 0.449 e. The molecule has 0 aliphatic heterocycles. The minimum Gasteiger partial charge on any atom is -0.449 e. The van der Waals surface area contributed by atoms with E-state index in [2.05, 4.69) is 4.98 Å². The maximum absolute atomic E-state index is 11.6. The number of rotatable bonds is 1. The van der Waals surface area contributed by atoms with Gasteiger partial charge in [-0.1, -0.05) is 0 Å². The quantitative estimate of drug-likeness (QED) is 0.727. The molecule has 1 heterocycles. The number of ether oxygens (including phenoxy) is 1. The van der Waals surface area contributed by atoms with E-state index in [0.29, 0.717) is 16.7 Å². The Labute approximate surface area is 97.0 Å². The molecule has 0 bridgehead atoms. The van der Waals surface area contributed by atoms with Crippen LogP contribution in [0.25, 0.3) is 11.0 Å². The number of aromatic nitrogens is 2. The molecule has 3 N–H and O–H groups in total. The Balaban J connectivity index is 2.71. The second-order valence-electron chi connectivity index (χ2n) is 3.69. The van der Waals surface area contributed by atoms with Crippen molar-refractivity contribution in [1.29, 1.82) is 0 Å². The number of anilines is 1. The first-order valence-electron chi connectivity index (χ1n) is 5.22. The summed E-state index contributed by atoms with van der Waals surface area (Å²) in [5.74, 6) is 0. The Bertz CT molecular complexity index is 639. The lowest BCUT2D eigenvalue weighted by Gasteiger charge is -2.03. The average Bonchev–Trinajstić information content (AvgIpc) is 2.55. The number of benzene rings is 1. The van der Waals surface area contributed by atoms with Crippen molar-refractivity contribution < 1.29 is 9.53 Å². The molecule has 0 saturated heterocycles. The van der Waals surface area contributed by atoms with E-state index in [1.165, 1.54) is 0 Å². The van der Waals surface area contributed by atoms with Crippen LogP contribution in [0.3, 0.4) is 0 Å². The first-order valence-corrected chi connectivity index (χ1v) is 5.22. The molecule has 0 amide bonds. The Morgan fingerprint density at radius 2 is 2.24 bits per heavy atom. The van der Waals surface area contributed by atoms with E-state index >= 15 is 0 Å². The third kappa shape index (κ3) is 1.77. The maximum Gasteiger partial charge on any atom is 0.422 e. The van der Waals surface area contributed by atoms with E-state index in [9.17, 15) is 9.59 Å². The van der Waals surface area contributed by atoms with Crippen LogP contribution in [0.15, 0.2) is 16.9 Å². The minimum atomic E-state index is -0.687. The van der Waals surface area contributed by atoms with E-state index in [4.69, 9.17) is 10.5 Å². The molecule has 90 valence electrons. The fourth-order valence-electron chi connectivity index (χ4n) is 1.64. The molecule has 6 heteroatoms. The lowest BCUT2D eigenvalue weighted by atomic mass is 10.2. The predicted octanol–water partition coefficient (Wildman–Crippen LogP) is 1.22. The van der Waals surface area contributed by atoms with Crippen LogP contribution in [0.5, 0.6) is 0 Å². The maximum atomic E-state index is 11.6. The summed E-state index contributed by atoms with van der Waals surface area (Å²) in [6.07, 6.45) is -0.687. The van der Waals surface area contributed by atoms with Crippen molar-refractivity contribution in [3.8, 4) is 0 Å². The van der Waals surface area contributed by atoms with Gasteiger partial charge in [-0.25, -0.2) is 9.59 Å². The normalized spacial score (nSPS) is 10.7. The zero-order chi connectivity index (χ0) is 12.6. The van der Waals surface area contributed by atoms with Crippen LogP contribution in [-0.4, -0.2) is 22.3 Å². The number of aryl methyl sites for hydroxylation is 1. The van der Waals surface area contributed by atoms with Gasteiger partial charge < -0.3 is 15.5 Å². The molecule has 2 aromatic rings. The van der Waals surface area contributed by atoms with E-state index in [1.807, 2.05) is 6.92 Å². The molecule has 0 spiro atoms. The fraction of sp³-hybridized carbons (Fsp3) is 0.273. The molecular formula is C11H13N3O3. The lowest BCUT2D eigenvalue weighted by Crippen LogP contribution is -2.25. The van der Waals surface area contributed by atoms with E-state index in [0.717, 1.165) is 10.1 Å². The molecular weight excluding hydrogens is 222 g/mol. The molecule has 0 saturated carbocycles. The van der Waals surface area contributed by atoms with Crippen LogP contribution in [0.2, 0.25) is 0 Å². The molecule has 0 fully saturated rings. The Morgan fingerprint density at radius 1 is 1.53 bits per heavy atom. The molecule has 2 rings (SSSR count). The highest BCUT2D eigenvalue weighted by Gasteiger charge is 2.15. The van der Waals surface area contributed by atoms with Crippen LogP contribution in [0.4, 0.5) is 10.5 Å². The number of nitrogen functional groups attached to an aromatic ring is 1. The highest BCUT2D eigenvalue weighted by molar-refractivity contribution is 5.88. The van der Waals surface area contributed by atoms with Gasteiger partial charge in [-0.15, -0.1) is 0 Å². The van der Waals surface area contributed by atoms with Gasteiger partial charge in [0.05, 0.1) is 17.6 Å². The van der Waals surface area contributed by atoms with Crippen molar-refractivity contribution in [2.45, 2.75) is 13.8 Å². The number of hydrogen-bond donors (Lipinski definition) is 2. The van der Waals surface area contributed by atoms with Crippen molar-refractivity contribution in [1.82, 2.24) is 9.55 Å². The third-order valence-electron chi connectivity index (χ3n) is 2.52. The van der Waals surface area contributed by atoms with Crippen LogP contribution in [0.1, 0.15) is 12.5 Å². The van der Waals surface area contributed by atoms with Crippen molar-refractivity contribution in [2.75, 3.05) is 12.3 Å². The summed E-state index contributed by atoms with van der Waals surface area (Å²) < 4.78 is 5.78. The van der Waals surface area contributed by atoms with E-state index < -0.39 is 11.8 Å². The van der Waals surface area contributed by atoms with Crippen LogP contribution in [0, 0.1) is 6.92 Å². The van der Waals surface area contributed by atoms with Gasteiger partial charge in [0, 0.05) is 5.69 Å². The molecule has 1 aromatic carbocycles. The van der Waals surface area contributed by atoms with Crippen molar-refractivity contribution in [3.63, 3.8) is 0 Å². The highest BCUT2D eigenvalue weighted by atomic mass is 16.5. The van der Waals surface area contributed by atoms with Gasteiger partial charge in [0.1, 0.15) is 0 Å². The van der Waals surface area contributed by atoms with Crippen LogP contribution in [-0.2, 0) is 4.74 Å². The highest BCUT2D eigenvalue weighted by Crippen LogP contribution is 2.18. The molecule has 17 heavy (non-hydrogen) atoms. The number of aromatic amines is 1. The SMILES string of the molecule is CCOC(=O)n1c(=O)[nH]c2cc(N)c(C)cc21. The van der Waals surface area contributed by atoms with Gasteiger partial charge >= 0.3 is 11.8 Å². The van der Waals surface area contributed by atoms with Crippen molar-refractivity contribution >= 4 is 22.8 Å². The first-order chi connectivity index (χ1) is 8.04. The van der Waals surface area contributed by atoms with Gasteiger partial charge in [-0.2, -0.15) is 4.57 Å². The first kappa shape index (κ1) is 11.3. The average molecular weight is 235 g/mol. The summed E-state index contributed by atoms with van der Waals surface area (Å²) in [7, 11) is 0. The smallest absolute Gasteiger partial charge is 0.422 e. The molecule has 0 aliphatic carbocycles. The Morgan fingerprint density at radius 3 is 2.88 bits per heavy atom. The number of hydrogen-bond acceptors (Lipinski definition) is 4. The van der Waals surface area contributed by atoms with E-state index in [1.54, 1.807) is 19.1 Å². The van der Waals surface area contributed by atoms with Gasteiger partial charge in [0.25, 0.3) is 0 Å². The summed E-state index contributed by atoms with van der Waals surface area (Å²) in [6, 6.07) is 3.31. The van der Waals surface area contributed by atoms with Crippen LogP contribution < -0.4 is 11.4 Å². The molecule has 6 nitrogen and oxygen atoms in total. The van der Waals surface area contributed by atoms with Gasteiger partial charge in [0.15, 0.2) is 0 Å². The standard InChI is InChI=1S/C11H13N3O3/c1-3-17-11(16)14-9-4-6(2)7(12)5-8(9)13-10(14)15/h4-5H,3,12H2,1-2H3,(H,13,15). The number of nitrogens with one attached hydrogen (secondary N) is 1. The fourth-order valence-corrected chi connectivity index (χ4v) is 1.64. The second kappa shape index (κ2) is 3.97. The van der Waals surface area contributed by atoms with Crippen molar-refractivity contribution in [2.24, 2.45) is 0 Å². The number of nitrogens with two attached hydrogens (primary N) is 1. The summed E-state index contributed by atoms with van der Waals surface area (Å²) in [4.78, 5) is 25.8. The number of imidazole rings is 1. The minimum absolute atomic E-state index is 0.214. The Kier molecular flexibility index (Phi) is 2.63. The number of carbonyl (C=O) groups is 1. The van der Waals surface area contributed by atoms with Gasteiger partial charge in [0.2, 0.25) is 0 Å². The topological polar surface area (TPSA) is 90.1 Å². The summed E-state index contributed by atoms with van der Waals surface area (Å²) in [5, 5.41) is 0. The molecule has 0 radical (unpaired) electrons. The van der Waals surface area contributed by atoms with Crippen LogP contribution >= 0.6 is 0 Å². The van der Waals surface area contributed by atoms with Crippen molar-refractivity contribution in [3.05, 3.63) is 28.2 Å². The zero-order valence-electron chi connectivity index (χ0n) is 9.61. The monoisotopic (exact) mass is 235 g/mol. The second-order valence-corrected chi connectivity index (χ2v) is 3.69. The third-order valence-corrected chi connectivity index (χ3v) is 2.52. The Hall–Kier alpha value is -2.24. The summed E-state index contributed by atoms with van der Waals surface area (Å²) in [6.45, 7) is 3.70. The summed E-state index contributed by atoms with van der Waals surface area (Å²) >= 11 is 0. The summed E-state index contributed by atoms with van der Waals surface area (Å²) in [5.41, 5.74) is 7.57. The predicted molar refractivity (Wildman–Crippen MR) is 64.1 cm³/mol. The number of carbonyl (C=O) groups excluding carboxylic acids is 1. The van der Waals surface area contributed by atoms with E-state index in [-0.39, 0.29) is 6.61 Å². The zero-order valence-corrected chi connectivity index (χ0v) is 9.61. The number of H-pyrrole nitrogens is 1. The molecule has 0 atom stereocenters. The molecule has 0 aliphatic rings. The number of nitrogens with zero attached hydrogens (tertiary/aromatic N) is 1. The molecule has 0 unspecified atom stereocenters. The van der Waals surface area contributed by atoms with Gasteiger partial charge in [-0.3, -0.25) is 0 Å². The lowest BCUT2D eigenvalue weighted by molar-refractivity contribution is 0.154.